The van der Waals surface area contributed by atoms with E-state index in [1.54, 1.807) is 0 Å². The molecule has 1 unspecified atom stereocenters. The third-order valence-corrected chi connectivity index (χ3v) is 2.62. The predicted molar refractivity (Wildman–Crippen MR) is 45.4 cm³/mol. The van der Waals surface area contributed by atoms with E-state index in [1.165, 1.54) is 0 Å². The molecule has 0 heterocycles. The van der Waals surface area contributed by atoms with Crippen LogP contribution in [0, 0.1) is 0 Å². The van der Waals surface area contributed by atoms with E-state index in [0.717, 1.165) is 0 Å². The Morgan fingerprint density at radius 2 is 2.08 bits per heavy atom. The molecule has 0 fully saturated rings. The summed E-state index contributed by atoms with van der Waals surface area (Å²) >= 11 is 3.08. The molecule has 0 radical (unpaired) electrons. The van der Waals surface area contributed by atoms with E-state index >= 15 is 0 Å². The van der Waals surface area contributed by atoms with Gasteiger partial charge in [-0.3, -0.25) is 14.2 Å². The van der Waals surface area contributed by atoms with Crippen molar-refractivity contribution < 1.29 is 28.1 Å². The molecule has 0 aromatic rings. The van der Waals surface area contributed by atoms with Crippen molar-refractivity contribution in [3.63, 3.8) is 0 Å². The molecule has 0 rings (SSSR count). The SMILES string of the molecule is O=C(O)CNC(=O)CP(=O)(O)OS. The van der Waals surface area contributed by atoms with Crippen molar-refractivity contribution in [3.8, 4) is 0 Å². The van der Waals surface area contributed by atoms with Gasteiger partial charge in [-0.25, -0.2) is 3.97 Å². The van der Waals surface area contributed by atoms with E-state index in [0.29, 0.717) is 0 Å². The maximum absolute atomic E-state index is 10.7. The highest BCUT2D eigenvalue weighted by atomic mass is 32.1. The third kappa shape index (κ3) is 6.59. The monoisotopic (exact) mass is 229 g/mol. The van der Waals surface area contributed by atoms with Gasteiger partial charge >= 0.3 is 13.6 Å². The van der Waals surface area contributed by atoms with Crippen LogP contribution in [0.5, 0.6) is 0 Å². The van der Waals surface area contributed by atoms with Gasteiger partial charge in [-0.05, 0) is 12.9 Å². The summed E-state index contributed by atoms with van der Waals surface area (Å²) in [5, 5.41) is 10.0. The topological polar surface area (TPSA) is 113 Å². The van der Waals surface area contributed by atoms with E-state index in [1.807, 2.05) is 5.32 Å². The maximum Gasteiger partial charge on any atom is 0.348 e. The smallest absolute Gasteiger partial charge is 0.348 e. The number of thiol groups is 1. The van der Waals surface area contributed by atoms with Gasteiger partial charge in [-0.15, -0.1) is 0 Å². The van der Waals surface area contributed by atoms with Gasteiger partial charge in [0.2, 0.25) is 5.91 Å². The normalized spacial score (nSPS) is 14.6. The summed E-state index contributed by atoms with van der Waals surface area (Å²) in [4.78, 5) is 29.4. The molecule has 13 heavy (non-hydrogen) atoms. The van der Waals surface area contributed by atoms with Crippen LogP contribution in [-0.4, -0.2) is 34.6 Å². The number of aliphatic carboxylic acids is 1. The van der Waals surface area contributed by atoms with Crippen LogP contribution in [-0.2, 0) is 18.1 Å². The van der Waals surface area contributed by atoms with Crippen molar-refractivity contribution in [1.82, 2.24) is 5.32 Å². The molecule has 7 nitrogen and oxygen atoms in total. The first-order valence-corrected chi connectivity index (χ1v) is 5.13. The third-order valence-electron chi connectivity index (χ3n) is 0.908. The van der Waals surface area contributed by atoms with Crippen molar-refractivity contribution in [2.45, 2.75) is 0 Å². The molecule has 1 amide bonds. The number of carbonyl (C=O) groups excluding carboxylic acids is 1. The molecule has 0 saturated heterocycles. The maximum atomic E-state index is 10.7. The molecule has 9 heteroatoms. The number of carbonyl (C=O) groups is 2. The van der Waals surface area contributed by atoms with Crippen LogP contribution in [0.25, 0.3) is 0 Å². The Hall–Kier alpha value is -0.560. The molecule has 0 aromatic carbocycles. The minimum atomic E-state index is -4.03. The molecule has 0 aliphatic carbocycles. The minimum Gasteiger partial charge on any atom is -0.480 e. The molecular weight excluding hydrogens is 221 g/mol. The van der Waals surface area contributed by atoms with Gasteiger partial charge in [0.05, 0.1) is 0 Å². The molecule has 3 N–H and O–H groups in total. The zero-order valence-corrected chi connectivity index (χ0v) is 8.12. The van der Waals surface area contributed by atoms with Crippen LogP contribution in [0.2, 0.25) is 0 Å². The Kier molecular flexibility index (Phi) is 5.01. The quantitative estimate of drug-likeness (QED) is 0.280. The summed E-state index contributed by atoms with van der Waals surface area (Å²) in [5.41, 5.74) is 0. The molecule has 76 valence electrons. The van der Waals surface area contributed by atoms with Crippen LogP contribution in [0.1, 0.15) is 0 Å². The number of nitrogens with one attached hydrogen (secondary N) is 1. The Labute approximate surface area is 79.2 Å². The molecule has 0 aromatic heterocycles. The lowest BCUT2D eigenvalue weighted by Crippen LogP contribution is -2.31. The Morgan fingerprint density at radius 1 is 1.54 bits per heavy atom. The zero-order chi connectivity index (χ0) is 10.5. The Morgan fingerprint density at radius 3 is 2.46 bits per heavy atom. The van der Waals surface area contributed by atoms with Crippen molar-refractivity contribution in [3.05, 3.63) is 0 Å². The second kappa shape index (κ2) is 5.23. The van der Waals surface area contributed by atoms with E-state index in [2.05, 4.69) is 16.9 Å². The summed E-state index contributed by atoms with van der Waals surface area (Å²) in [7, 11) is -4.03. The molecule has 0 spiro atoms. The van der Waals surface area contributed by atoms with Crippen molar-refractivity contribution in [2.75, 3.05) is 12.7 Å². The fraction of sp³-hybridized carbons (Fsp3) is 0.500. The molecule has 0 aliphatic rings. The second-order valence-corrected chi connectivity index (χ2v) is 4.29. The number of amides is 1. The first kappa shape index (κ1) is 12.4. The Bertz CT molecular complexity index is 255. The second-order valence-electron chi connectivity index (χ2n) is 2.05. The summed E-state index contributed by atoms with van der Waals surface area (Å²) in [6, 6.07) is 0. The predicted octanol–water partition coefficient (Wildman–Crippen LogP) is -0.766. The lowest BCUT2D eigenvalue weighted by molar-refractivity contribution is -0.137. The Balaban J connectivity index is 3.88. The fourth-order valence-electron chi connectivity index (χ4n) is 0.440. The standard InChI is InChI=1S/C4H8NO6PS/c6-3(5-1-4(7)8)2-12(9,10)11-13/h13H,1-2H2,(H,5,6)(H,7,8)(H,9,10). The summed E-state index contributed by atoms with van der Waals surface area (Å²) in [5.74, 6) is -2.13. The van der Waals surface area contributed by atoms with Gasteiger partial charge in [0.15, 0.2) is 0 Å². The van der Waals surface area contributed by atoms with Gasteiger partial charge in [0.25, 0.3) is 0 Å². The lowest BCUT2D eigenvalue weighted by Gasteiger charge is -2.06. The van der Waals surface area contributed by atoms with Crippen molar-refractivity contribution in [2.24, 2.45) is 0 Å². The van der Waals surface area contributed by atoms with Crippen LogP contribution >= 0.6 is 20.5 Å². The molecule has 0 aliphatic heterocycles. The van der Waals surface area contributed by atoms with Gasteiger partial charge < -0.3 is 15.3 Å². The average Bonchev–Trinajstić information content (AvgIpc) is 2.00. The summed E-state index contributed by atoms with van der Waals surface area (Å²) < 4.78 is 14.5. The van der Waals surface area contributed by atoms with E-state index in [-0.39, 0.29) is 0 Å². The van der Waals surface area contributed by atoms with E-state index in [4.69, 9.17) is 10.00 Å². The van der Waals surface area contributed by atoms with Gasteiger partial charge in [0, 0.05) is 0 Å². The highest BCUT2D eigenvalue weighted by Crippen LogP contribution is 2.42. The van der Waals surface area contributed by atoms with Crippen LogP contribution in [0.15, 0.2) is 0 Å². The zero-order valence-electron chi connectivity index (χ0n) is 6.34. The van der Waals surface area contributed by atoms with Gasteiger partial charge in [0.1, 0.15) is 12.7 Å². The van der Waals surface area contributed by atoms with Crippen molar-refractivity contribution in [1.29, 1.82) is 0 Å². The average molecular weight is 229 g/mol. The number of hydrogen-bond donors (Lipinski definition) is 4. The first-order valence-electron chi connectivity index (χ1n) is 3.01. The highest BCUT2D eigenvalue weighted by molar-refractivity contribution is 7.81. The number of rotatable bonds is 5. The molecular formula is C4H8NO6PS. The summed E-state index contributed by atoms with van der Waals surface area (Å²) in [6.45, 7) is -0.606. The van der Waals surface area contributed by atoms with Gasteiger partial charge in [-0.1, -0.05) is 0 Å². The number of hydrogen-bond acceptors (Lipinski definition) is 5. The van der Waals surface area contributed by atoms with Crippen LogP contribution < -0.4 is 5.32 Å². The minimum absolute atomic E-state index is 0.606. The molecule has 0 bridgehead atoms. The lowest BCUT2D eigenvalue weighted by atomic mass is 10.6. The van der Waals surface area contributed by atoms with E-state index < -0.39 is 32.2 Å². The molecule has 0 saturated carbocycles. The van der Waals surface area contributed by atoms with Crippen LogP contribution in [0.3, 0.4) is 0 Å². The fourth-order valence-corrected chi connectivity index (χ4v) is 1.15. The van der Waals surface area contributed by atoms with Gasteiger partial charge in [-0.2, -0.15) is 0 Å². The largest absolute Gasteiger partial charge is 0.480 e. The van der Waals surface area contributed by atoms with Crippen molar-refractivity contribution >= 4 is 32.4 Å². The van der Waals surface area contributed by atoms with E-state index in [9.17, 15) is 14.2 Å². The van der Waals surface area contributed by atoms with Crippen LogP contribution in [0.4, 0.5) is 0 Å². The first-order chi connectivity index (χ1) is 5.87. The number of carboxylic acids is 1. The highest BCUT2D eigenvalue weighted by Gasteiger charge is 2.23. The summed E-state index contributed by atoms with van der Waals surface area (Å²) in [6.07, 6.45) is -0.816. The molecule has 1 atom stereocenters. The number of carboxylic acid groups (broad SMARTS) is 1.